The maximum atomic E-state index is 12.3. The highest BCUT2D eigenvalue weighted by molar-refractivity contribution is 5.93. The number of rotatable bonds is 6. The van der Waals surface area contributed by atoms with Crippen LogP contribution in [-0.4, -0.2) is 30.8 Å². The number of hydrogen-bond acceptors (Lipinski definition) is 3. The minimum Gasteiger partial charge on any atom is -0.355 e. The Morgan fingerprint density at radius 2 is 1.68 bits per heavy atom. The van der Waals surface area contributed by atoms with Crippen molar-refractivity contribution in [2.45, 2.75) is 19.0 Å². The van der Waals surface area contributed by atoms with Crippen LogP contribution in [0.5, 0.6) is 0 Å². The first-order valence-electron chi connectivity index (χ1n) is 7.86. The average Bonchev–Trinajstić information content (AvgIpc) is 2.62. The molecule has 0 heterocycles. The van der Waals surface area contributed by atoms with E-state index in [4.69, 9.17) is 5.73 Å². The van der Waals surface area contributed by atoms with Gasteiger partial charge in [0, 0.05) is 38.7 Å². The number of benzene rings is 2. The first kappa shape index (κ1) is 20.7. The average molecular weight is 362 g/mol. The SMILES string of the molecule is CNC(=O)c1ccc(CN(C)C(=O)CC(N)c2ccccc2)cc1.Cl. The Morgan fingerprint density at radius 3 is 2.24 bits per heavy atom. The molecule has 0 aromatic heterocycles. The van der Waals surface area contributed by atoms with Crippen LogP contribution in [0, 0.1) is 0 Å². The van der Waals surface area contributed by atoms with E-state index in [1.165, 1.54) is 0 Å². The molecule has 3 N–H and O–H groups in total. The van der Waals surface area contributed by atoms with Crippen LogP contribution in [0.1, 0.15) is 33.9 Å². The van der Waals surface area contributed by atoms with Crippen molar-refractivity contribution in [2.75, 3.05) is 14.1 Å². The topological polar surface area (TPSA) is 75.4 Å². The Kier molecular flexibility index (Phi) is 8.11. The van der Waals surface area contributed by atoms with E-state index in [2.05, 4.69) is 5.32 Å². The van der Waals surface area contributed by atoms with E-state index >= 15 is 0 Å². The van der Waals surface area contributed by atoms with Crippen molar-refractivity contribution in [2.24, 2.45) is 5.73 Å². The molecule has 5 nitrogen and oxygen atoms in total. The van der Waals surface area contributed by atoms with E-state index in [1.54, 1.807) is 31.1 Å². The molecule has 2 aromatic carbocycles. The van der Waals surface area contributed by atoms with Crippen molar-refractivity contribution < 1.29 is 9.59 Å². The van der Waals surface area contributed by atoms with E-state index in [0.29, 0.717) is 12.1 Å². The van der Waals surface area contributed by atoms with Crippen LogP contribution in [-0.2, 0) is 11.3 Å². The summed E-state index contributed by atoms with van der Waals surface area (Å²) in [6.07, 6.45) is 0.261. The fraction of sp³-hybridized carbons (Fsp3) is 0.263. The zero-order chi connectivity index (χ0) is 17.5. The first-order chi connectivity index (χ1) is 11.5. The summed E-state index contributed by atoms with van der Waals surface area (Å²) in [5.41, 5.74) is 8.62. The predicted molar refractivity (Wildman–Crippen MR) is 102 cm³/mol. The molecule has 25 heavy (non-hydrogen) atoms. The lowest BCUT2D eigenvalue weighted by Gasteiger charge is -2.20. The summed E-state index contributed by atoms with van der Waals surface area (Å²) in [5.74, 6) is -0.137. The van der Waals surface area contributed by atoms with E-state index in [9.17, 15) is 9.59 Å². The molecule has 2 aromatic rings. The monoisotopic (exact) mass is 361 g/mol. The second kappa shape index (κ2) is 9.81. The Bertz CT molecular complexity index is 690. The summed E-state index contributed by atoms with van der Waals surface area (Å²) >= 11 is 0. The minimum atomic E-state index is -0.309. The molecule has 0 radical (unpaired) electrons. The van der Waals surface area contributed by atoms with E-state index in [0.717, 1.165) is 11.1 Å². The number of nitrogens with zero attached hydrogens (tertiary/aromatic N) is 1. The van der Waals surface area contributed by atoms with Gasteiger partial charge >= 0.3 is 0 Å². The Morgan fingerprint density at radius 1 is 1.08 bits per heavy atom. The molecule has 1 unspecified atom stereocenters. The molecule has 0 bridgehead atoms. The van der Waals surface area contributed by atoms with Crippen molar-refractivity contribution >= 4 is 24.2 Å². The smallest absolute Gasteiger partial charge is 0.251 e. The van der Waals surface area contributed by atoms with Crippen molar-refractivity contribution in [3.63, 3.8) is 0 Å². The van der Waals surface area contributed by atoms with Gasteiger partial charge in [0.1, 0.15) is 0 Å². The molecule has 2 rings (SSSR count). The van der Waals surface area contributed by atoms with Gasteiger partial charge in [-0.05, 0) is 23.3 Å². The maximum absolute atomic E-state index is 12.3. The molecule has 0 aliphatic rings. The quantitative estimate of drug-likeness (QED) is 0.830. The lowest BCUT2D eigenvalue weighted by molar-refractivity contribution is -0.130. The number of amides is 2. The third-order valence-electron chi connectivity index (χ3n) is 3.91. The normalized spacial score (nSPS) is 11.2. The minimum absolute atomic E-state index is 0. The van der Waals surface area contributed by atoms with Gasteiger partial charge in [0.15, 0.2) is 0 Å². The molecule has 0 fully saturated rings. The van der Waals surface area contributed by atoms with Crippen molar-refractivity contribution in [3.05, 3.63) is 71.3 Å². The predicted octanol–water partition coefficient (Wildman–Crippen LogP) is 2.52. The molecule has 134 valence electrons. The van der Waals surface area contributed by atoms with Crippen molar-refractivity contribution in [1.29, 1.82) is 0 Å². The Hall–Kier alpha value is -2.37. The number of carbonyl (C=O) groups is 2. The molecule has 0 saturated heterocycles. The molecule has 2 amide bonds. The highest BCUT2D eigenvalue weighted by atomic mass is 35.5. The van der Waals surface area contributed by atoms with Crippen molar-refractivity contribution in [1.82, 2.24) is 10.2 Å². The van der Waals surface area contributed by atoms with Crippen LogP contribution in [0.3, 0.4) is 0 Å². The number of hydrogen-bond donors (Lipinski definition) is 2. The zero-order valence-corrected chi connectivity index (χ0v) is 15.3. The van der Waals surface area contributed by atoms with Gasteiger partial charge in [-0.15, -0.1) is 12.4 Å². The molecule has 0 saturated carbocycles. The van der Waals surface area contributed by atoms with Crippen LogP contribution in [0.15, 0.2) is 54.6 Å². The molecular weight excluding hydrogens is 338 g/mol. The van der Waals surface area contributed by atoms with Gasteiger partial charge in [-0.3, -0.25) is 9.59 Å². The van der Waals surface area contributed by atoms with Crippen LogP contribution in [0.2, 0.25) is 0 Å². The first-order valence-corrected chi connectivity index (χ1v) is 7.86. The summed E-state index contributed by atoms with van der Waals surface area (Å²) in [5, 5.41) is 2.58. The van der Waals surface area contributed by atoms with Crippen LogP contribution >= 0.6 is 12.4 Å². The highest BCUT2D eigenvalue weighted by Gasteiger charge is 2.15. The van der Waals surface area contributed by atoms with Crippen LogP contribution < -0.4 is 11.1 Å². The second-order valence-electron chi connectivity index (χ2n) is 5.75. The lowest BCUT2D eigenvalue weighted by atomic mass is 10.0. The maximum Gasteiger partial charge on any atom is 0.251 e. The molecule has 6 heteroatoms. The summed E-state index contributed by atoms with van der Waals surface area (Å²) in [6, 6.07) is 16.5. The largest absolute Gasteiger partial charge is 0.355 e. The third-order valence-corrected chi connectivity index (χ3v) is 3.91. The second-order valence-corrected chi connectivity index (χ2v) is 5.75. The molecule has 0 aliphatic heterocycles. The third kappa shape index (κ3) is 5.89. The van der Waals surface area contributed by atoms with Gasteiger partial charge in [0.25, 0.3) is 5.91 Å². The summed E-state index contributed by atoms with van der Waals surface area (Å²) < 4.78 is 0. The molecule has 1 atom stereocenters. The fourth-order valence-electron chi connectivity index (χ4n) is 2.43. The number of nitrogens with two attached hydrogens (primary N) is 1. The molecular formula is C19H24ClN3O2. The van der Waals surface area contributed by atoms with Gasteiger partial charge in [0.2, 0.25) is 5.91 Å². The van der Waals surface area contributed by atoms with Gasteiger partial charge in [-0.2, -0.15) is 0 Å². The van der Waals surface area contributed by atoms with E-state index in [-0.39, 0.29) is 36.7 Å². The number of carbonyl (C=O) groups excluding carboxylic acids is 2. The van der Waals surface area contributed by atoms with Gasteiger partial charge < -0.3 is 16.0 Å². The molecule has 0 aliphatic carbocycles. The Balaban J connectivity index is 0.00000312. The fourth-order valence-corrected chi connectivity index (χ4v) is 2.43. The lowest BCUT2D eigenvalue weighted by Crippen LogP contribution is -2.29. The van der Waals surface area contributed by atoms with Crippen LogP contribution in [0.25, 0.3) is 0 Å². The molecule has 0 spiro atoms. The van der Waals surface area contributed by atoms with Gasteiger partial charge in [-0.1, -0.05) is 42.5 Å². The highest BCUT2D eigenvalue weighted by Crippen LogP contribution is 2.15. The summed E-state index contributed by atoms with van der Waals surface area (Å²) in [6.45, 7) is 0.481. The summed E-state index contributed by atoms with van der Waals surface area (Å²) in [7, 11) is 3.35. The van der Waals surface area contributed by atoms with Crippen LogP contribution in [0.4, 0.5) is 0 Å². The number of nitrogens with one attached hydrogen (secondary N) is 1. The Labute approximate surface area is 154 Å². The zero-order valence-electron chi connectivity index (χ0n) is 14.4. The van der Waals surface area contributed by atoms with E-state index in [1.807, 2.05) is 42.5 Å². The standard InChI is InChI=1S/C19H23N3O2.ClH/c1-21-19(24)16-10-8-14(9-11-16)13-22(2)18(23)12-17(20)15-6-4-3-5-7-15;/h3-11,17H,12-13,20H2,1-2H3,(H,21,24);1H. The number of halogens is 1. The van der Waals surface area contributed by atoms with Crippen molar-refractivity contribution in [3.8, 4) is 0 Å². The van der Waals surface area contributed by atoms with Gasteiger partial charge in [0.05, 0.1) is 0 Å². The van der Waals surface area contributed by atoms with E-state index < -0.39 is 0 Å². The summed E-state index contributed by atoms with van der Waals surface area (Å²) in [4.78, 5) is 25.5. The van der Waals surface area contributed by atoms with Gasteiger partial charge in [-0.25, -0.2) is 0 Å².